The number of sulfone groups is 1. The van der Waals surface area contributed by atoms with Crippen molar-refractivity contribution < 1.29 is 26.0 Å². The quantitative estimate of drug-likeness (QED) is 0.311. The molecule has 180 valence electrons. The van der Waals surface area contributed by atoms with Gasteiger partial charge in [-0.15, -0.1) is 11.6 Å². The van der Waals surface area contributed by atoms with E-state index in [1.807, 2.05) is 0 Å². The van der Waals surface area contributed by atoms with E-state index in [1.165, 1.54) is 30.3 Å². The van der Waals surface area contributed by atoms with Gasteiger partial charge in [0.1, 0.15) is 18.2 Å². The molecular weight excluding hydrogens is 515 g/mol. The molecule has 0 saturated carbocycles. The van der Waals surface area contributed by atoms with Crippen LogP contribution in [0.1, 0.15) is 33.9 Å². The van der Waals surface area contributed by atoms with Crippen molar-refractivity contribution in [2.75, 3.05) is 12.4 Å². The highest BCUT2D eigenvalue weighted by Crippen LogP contribution is 2.44. The average molecular weight is 533 g/mol. The smallest absolute Gasteiger partial charge is 0.345 e. The number of H-pyrrole nitrogens is 1. The summed E-state index contributed by atoms with van der Waals surface area (Å²) in [5, 5.41) is -0.745. The van der Waals surface area contributed by atoms with Crippen molar-refractivity contribution >= 4 is 43.6 Å². The number of hydrogen-bond donors (Lipinski definition) is 1. The minimum atomic E-state index is -4.57. The lowest BCUT2D eigenvalue weighted by Crippen LogP contribution is -2.18. The zero-order chi connectivity index (χ0) is 24.7. The summed E-state index contributed by atoms with van der Waals surface area (Å²) in [4.78, 5) is 7.62. The predicted octanol–water partition coefficient (Wildman–Crippen LogP) is 6.03. The molecule has 1 aliphatic carbocycles. The molecule has 34 heavy (non-hydrogen) atoms. The Hall–Kier alpha value is -2.36. The number of allylic oxidation sites excluding steroid dienone is 1. The summed E-state index contributed by atoms with van der Waals surface area (Å²) >= 11 is 13.0. The van der Waals surface area contributed by atoms with Crippen molar-refractivity contribution in [2.45, 2.75) is 29.3 Å². The van der Waals surface area contributed by atoms with Crippen LogP contribution in [0.3, 0.4) is 0 Å². The molecule has 0 amide bonds. The van der Waals surface area contributed by atoms with Crippen molar-refractivity contribution in [1.82, 2.24) is 9.97 Å². The van der Waals surface area contributed by atoms with Gasteiger partial charge in [0.15, 0.2) is 9.84 Å². The van der Waals surface area contributed by atoms with Crippen LogP contribution >= 0.6 is 23.2 Å². The first-order valence-electron chi connectivity index (χ1n) is 10.2. The molecule has 0 bridgehead atoms. The molecular formula is C23H18Cl2F4N2O2S. The van der Waals surface area contributed by atoms with Crippen molar-refractivity contribution in [3.05, 3.63) is 82.4 Å². The van der Waals surface area contributed by atoms with E-state index in [2.05, 4.69) is 9.97 Å². The van der Waals surface area contributed by atoms with Gasteiger partial charge < -0.3 is 4.98 Å². The normalized spacial score (nSPS) is 16.6. The second-order valence-corrected chi connectivity index (χ2v) is 10.8. The number of imidazole rings is 1. The predicted molar refractivity (Wildman–Crippen MR) is 123 cm³/mol. The van der Waals surface area contributed by atoms with Gasteiger partial charge in [0.05, 0.1) is 26.6 Å². The van der Waals surface area contributed by atoms with E-state index in [1.54, 1.807) is 12.1 Å². The molecule has 0 spiro atoms. The number of alkyl halides is 5. The summed E-state index contributed by atoms with van der Waals surface area (Å²) in [5.74, 6) is -0.0849. The lowest BCUT2D eigenvalue weighted by Gasteiger charge is -2.24. The fraction of sp³-hybridized carbons (Fsp3) is 0.261. The molecule has 1 N–H and O–H groups in total. The highest BCUT2D eigenvalue weighted by atomic mass is 35.5. The molecule has 0 radical (unpaired) electrons. The van der Waals surface area contributed by atoms with Gasteiger partial charge in [-0.25, -0.2) is 17.8 Å². The van der Waals surface area contributed by atoms with E-state index in [4.69, 9.17) is 23.2 Å². The van der Waals surface area contributed by atoms with Crippen molar-refractivity contribution in [1.29, 1.82) is 0 Å². The Morgan fingerprint density at radius 3 is 2.41 bits per heavy atom. The fourth-order valence-electron chi connectivity index (χ4n) is 3.90. The molecule has 2 aromatic carbocycles. The average Bonchev–Trinajstić information content (AvgIpc) is 3.16. The molecule has 1 heterocycles. The van der Waals surface area contributed by atoms with Crippen LogP contribution in [0.4, 0.5) is 17.6 Å². The molecule has 1 unspecified atom stereocenters. The summed E-state index contributed by atoms with van der Waals surface area (Å²) in [5.41, 5.74) is 0.939. The number of fused-ring (bicyclic) bond motifs is 1. The number of aromatic amines is 1. The lowest BCUT2D eigenvalue weighted by atomic mass is 9.90. The highest BCUT2D eigenvalue weighted by molar-refractivity contribution is 7.91. The summed E-state index contributed by atoms with van der Waals surface area (Å²) in [6.45, 7) is -0.965. The van der Waals surface area contributed by atoms with Crippen LogP contribution in [-0.4, -0.2) is 36.2 Å². The van der Waals surface area contributed by atoms with Gasteiger partial charge in [0, 0.05) is 18.5 Å². The number of nitrogens with one attached hydrogen (secondary N) is 1. The van der Waals surface area contributed by atoms with Crippen LogP contribution in [0.25, 0.3) is 10.6 Å². The number of benzene rings is 2. The SMILES string of the molecule is O=S(=O)(CCF)c1ccc(Cc2nc3c([nH]2)CC(Cl)C(c2ccccc2C(F)(F)F)=C3Cl)cc1. The molecule has 4 rings (SSSR count). The summed E-state index contributed by atoms with van der Waals surface area (Å²) in [6, 6.07) is 11.1. The molecule has 0 saturated heterocycles. The van der Waals surface area contributed by atoms with Crippen LogP contribution in [0.5, 0.6) is 0 Å². The molecule has 1 aliphatic rings. The van der Waals surface area contributed by atoms with E-state index in [-0.39, 0.29) is 27.5 Å². The minimum Gasteiger partial charge on any atom is -0.345 e. The van der Waals surface area contributed by atoms with Crippen LogP contribution in [0.2, 0.25) is 0 Å². The van der Waals surface area contributed by atoms with Gasteiger partial charge in [-0.1, -0.05) is 41.9 Å². The number of aromatic nitrogens is 2. The third-order valence-electron chi connectivity index (χ3n) is 5.49. The maximum absolute atomic E-state index is 13.6. The molecule has 4 nitrogen and oxygen atoms in total. The molecule has 11 heteroatoms. The Kier molecular flexibility index (Phi) is 6.81. The first-order valence-corrected chi connectivity index (χ1v) is 12.6. The largest absolute Gasteiger partial charge is 0.416 e. The second kappa shape index (κ2) is 9.36. The maximum Gasteiger partial charge on any atom is 0.416 e. The molecule has 1 atom stereocenters. The number of halogens is 6. The van der Waals surface area contributed by atoms with E-state index in [0.29, 0.717) is 23.6 Å². The molecule has 0 fully saturated rings. The Labute approximate surface area is 203 Å². The van der Waals surface area contributed by atoms with E-state index >= 15 is 0 Å². The van der Waals surface area contributed by atoms with Crippen LogP contribution < -0.4 is 0 Å². The first-order chi connectivity index (χ1) is 16.0. The Morgan fingerprint density at radius 1 is 1.09 bits per heavy atom. The Balaban J connectivity index is 1.66. The van der Waals surface area contributed by atoms with Crippen LogP contribution in [-0.2, 0) is 28.9 Å². The Bertz CT molecular complexity index is 1350. The van der Waals surface area contributed by atoms with Crippen LogP contribution in [0.15, 0.2) is 53.4 Å². The highest BCUT2D eigenvalue weighted by Gasteiger charge is 2.37. The zero-order valence-electron chi connectivity index (χ0n) is 17.5. The topological polar surface area (TPSA) is 62.8 Å². The van der Waals surface area contributed by atoms with Gasteiger partial charge in [-0.2, -0.15) is 13.2 Å². The fourth-order valence-corrected chi connectivity index (χ4v) is 5.72. The summed E-state index contributed by atoms with van der Waals surface area (Å²) < 4.78 is 77.1. The molecule has 3 aromatic rings. The van der Waals surface area contributed by atoms with Crippen molar-refractivity contribution in [3.63, 3.8) is 0 Å². The number of hydrogen-bond acceptors (Lipinski definition) is 3. The summed E-state index contributed by atoms with van der Waals surface area (Å²) in [7, 11) is -3.68. The second-order valence-electron chi connectivity index (χ2n) is 7.78. The van der Waals surface area contributed by atoms with Gasteiger partial charge >= 0.3 is 6.18 Å². The third-order valence-corrected chi connectivity index (χ3v) is 7.93. The zero-order valence-corrected chi connectivity index (χ0v) is 19.8. The number of nitrogens with zero attached hydrogens (tertiary/aromatic N) is 1. The maximum atomic E-state index is 13.6. The van der Waals surface area contributed by atoms with Crippen molar-refractivity contribution in [3.8, 4) is 0 Å². The first kappa shape index (κ1) is 24.8. The minimum absolute atomic E-state index is 0.0246. The van der Waals surface area contributed by atoms with Gasteiger partial charge in [-0.05, 0) is 34.9 Å². The van der Waals surface area contributed by atoms with Gasteiger partial charge in [0.2, 0.25) is 0 Å². The van der Waals surface area contributed by atoms with Crippen LogP contribution in [0, 0.1) is 0 Å². The van der Waals surface area contributed by atoms with Gasteiger partial charge in [-0.3, -0.25) is 0 Å². The molecule has 1 aromatic heterocycles. The van der Waals surface area contributed by atoms with Crippen molar-refractivity contribution in [2.24, 2.45) is 0 Å². The lowest BCUT2D eigenvalue weighted by molar-refractivity contribution is -0.137. The van der Waals surface area contributed by atoms with E-state index in [9.17, 15) is 26.0 Å². The Morgan fingerprint density at radius 2 is 1.76 bits per heavy atom. The van der Waals surface area contributed by atoms with E-state index < -0.39 is 39.4 Å². The molecule has 0 aliphatic heterocycles. The van der Waals surface area contributed by atoms with E-state index in [0.717, 1.165) is 11.6 Å². The summed E-state index contributed by atoms with van der Waals surface area (Å²) in [6.07, 6.45) is -4.07. The monoisotopic (exact) mass is 532 g/mol. The standard InChI is InChI=1S/C23H18Cl2F4N2O2S/c24-17-12-18-22(21(25)20(17)15-3-1-2-4-16(15)23(27,28)29)31-19(30-18)11-13-5-7-14(8-6-13)34(32,33)10-9-26/h1-8,17H,9-12H2,(H,30,31). The third kappa shape index (κ3) is 4.87. The number of rotatable bonds is 6. The van der Waals surface area contributed by atoms with Gasteiger partial charge in [0.25, 0.3) is 0 Å².